The predicted molar refractivity (Wildman–Crippen MR) is 43.8 cm³/mol. The number of hydrogen-bond acceptors (Lipinski definition) is 5. The lowest BCUT2D eigenvalue weighted by Gasteiger charge is -2.39. The largest absolute Gasteiger partial charge is 0.394 e. The number of rotatable bonds is 2. The highest BCUT2D eigenvalue weighted by Gasteiger charge is 2.42. The normalized spacial score (nSPS) is 46.4. The first kappa shape index (κ1) is 10.9. The zero-order chi connectivity index (χ0) is 10.0. The van der Waals surface area contributed by atoms with Crippen LogP contribution in [0.25, 0.3) is 0 Å². The highest BCUT2D eigenvalue weighted by molar-refractivity contribution is 4.87. The maximum atomic E-state index is 9.51. The third kappa shape index (κ3) is 2.00. The molecule has 1 unspecified atom stereocenters. The molecule has 5 heteroatoms. The Bertz CT molecular complexity index is 161. The highest BCUT2D eigenvalue weighted by Crippen LogP contribution is 2.27. The molecule has 0 aromatic heterocycles. The van der Waals surface area contributed by atoms with Gasteiger partial charge >= 0.3 is 0 Å². The van der Waals surface area contributed by atoms with Gasteiger partial charge in [-0.3, -0.25) is 0 Å². The summed E-state index contributed by atoms with van der Waals surface area (Å²) in [4.78, 5) is 0. The number of ether oxygens (including phenoxy) is 1. The van der Waals surface area contributed by atoms with Gasteiger partial charge in [0.15, 0.2) is 6.29 Å². The Morgan fingerprint density at radius 1 is 1.15 bits per heavy atom. The Labute approximate surface area is 76.6 Å². The van der Waals surface area contributed by atoms with Crippen LogP contribution in [0.4, 0.5) is 0 Å². The van der Waals surface area contributed by atoms with E-state index in [1.165, 1.54) is 0 Å². The molecule has 1 aliphatic heterocycles. The van der Waals surface area contributed by atoms with Crippen molar-refractivity contribution in [3.05, 3.63) is 0 Å². The third-order valence-electron chi connectivity index (χ3n) is 2.52. The second-order valence-electron chi connectivity index (χ2n) is 3.30. The van der Waals surface area contributed by atoms with Gasteiger partial charge in [-0.2, -0.15) is 0 Å². The van der Waals surface area contributed by atoms with Crippen molar-refractivity contribution in [3.63, 3.8) is 0 Å². The lowest BCUT2D eigenvalue weighted by atomic mass is 9.87. The van der Waals surface area contributed by atoms with Gasteiger partial charge in [0.25, 0.3) is 0 Å². The number of hydrogen-bond donors (Lipinski definition) is 4. The molecule has 1 fully saturated rings. The molecule has 0 saturated carbocycles. The van der Waals surface area contributed by atoms with Crippen molar-refractivity contribution >= 4 is 0 Å². The molecule has 1 saturated heterocycles. The van der Waals surface area contributed by atoms with Crippen molar-refractivity contribution in [2.75, 3.05) is 6.61 Å². The van der Waals surface area contributed by atoms with Gasteiger partial charge in [-0.25, -0.2) is 0 Å². The lowest BCUT2D eigenvalue weighted by molar-refractivity contribution is -0.274. The molecule has 78 valence electrons. The van der Waals surface area contributed by atoms with Gasteiger partial charge in [0.05, 0.1) is 18.8 Å². The maximum absolute atomic E-state index is 9.51. The van der Waals surface area contributed by atoms with E-state index in [1.807, 2.05) is 6.92 Å². The zero-order valence-corrected chi connectivity index (χ0v) is 7.50. The van der Waals surface area contributed by atoms with E-state index in [0.29, 0.717) is 6.42 Å². The third-order valence-corrected chi connectivity index (χ3v) is 2.52. The summed E-state index contributed by atoms with van der Waals surface area (Å²) >= 11 is 0. The smallest absolute Gasteiger partial charge is 0.183 e. The molecular weight excluding hydrogens is 176 g/mol. The minimum atomic E-state index is -1.41. The molecule has 5 atom stereocenters. The van der Waals surface area contributed by atoms with E-state index in [9.17, 15) is 10.2 Å². The van der Waals surface area contributed by atoms with Crippen molar-refractivity contribution in [1.29, 1.82) is 0 Å². The second kappa shape index (κ2) is 4.34. The molecule has 0 spiro atoms. The van der Waals surface area contributed by atoms with E-state index in [0.717, 1.165) is 0 Å². The van der Waals surface area contributed by atoms with E-state index < -0.39 is 24.6 Å². The quantitative estimate of drug-likeness (QED) is 0.425. The molecule has 4 N–H and O–H groups in total. The van der Waals surface area contributed by atoms with Gasteiger partial charge < -0.3 is 25.2 Å². The summed E-state index contributed by atoms with van der Waals surface area (Å²) in [5, 5.41) is 36.8. The van der Waals surface area contributed by atoms with Gasteiger partial charge in [-0.05, 0) is 6.42 Å². The second-order valence-corrected chi connectivity index (χ2v) is 3.30. The topological polar surface area (TPSA) is 90.2 Å². The van der Waals surface area contributed by atoms with E-state index in [2.05, 4.69) is 0 Å². The van der Waals surface area contributed by atoms with Crippen LogP contribution in [0.3, 0.4) is 0 Å². The van der Waals surface area contributed by atoms with Crippen LogP contribution in [0, 0.1) is 5.92 Å². The Morgan fingerprint density at radius 3 is 2.23 bits per heavy atom. The van der Waals surface area contributed by atoms with Crippen molar-refractivity contribution < 1.29 is 25.2 Å². The number of aliphatic hydroxyl groups excluding tert-OH is 4. The van der Waals surface area contributed by atoms with Crippen molar-refractivity contribution in [2.45, 2.75) is 37.9 Å². The average molecular weight is 192 g/mol. The van der Waals surface area contributed by atoms with Crippen LogP contribution in [0.2, 0.25) is 0 Å². The highest BCUT2D eigenvalue weighted by atomic mass is 16.6. The van der Waals surface area contributed by atoms with Gasteiger partial charge in [-0.1, -0.05) is 6.92 Å². The number of aliphatic hydroxyl groups is 4. The maximum Gasteiger partial charge on any atom is 0.183 e. The average Bonchev–Trinajstić information content (AvgIpc) is 2.13. The lowest BCUT2D eigenvalue weighted by Crippen LogP contribution is -2.55. The fourth-order valence-electron chi connectivity index (χ4n) is 1.69. The molecule has 0 radical (unpaired) electrons. The summed E-state index contributed by atoms with van der Waals surface area (Å²) in [6.45, 7) is 1.56. The molecule has 1 rings (SSSR count). The Morgan fingerprint density at radius 2 is 1.77 bits per heavy atom. The first-order valence-electron chi connectivity index (χ1n) is 4.42. The summed E-state index contributed by atoms with van der Waals surface area (Å²) in [5.41, 5.74) is 0. The molecule has 0 aliphatic carbocycles. The van der Waals surface area contributed by atoms with Crippen molar-refractivity contribution in [2.24, 2.45) is 5.92 Å². The van der Waals surface area contributed by atoms with Gasteiger partial charge in [0, 0.05) is 5.92 Å². The fraction of sp³-hybridized carbons (Fsp3) is 1.00. The standard InChI is InChI=1S/C8H16O5/c1-2-4-5(3-9)13-8(12)7(11)6(4)10/h4-12H,2-3H2,1H3/t4-,5+,6+,7-,8?/m0/s1. The molecule has 13 heavy (non-hydrogen) atoms. The van der Waals surface area contributed by atoms with Gasteiger partial charge in [0.1, 0.15) is 6.10 Å². The van der Waals surface area contributed by atoms with Crippen LogP contribution < -0.4 is 0 Å². The molecule has 0 aromatic carbocycles. The Hall–Kier alpha value is -0.200. The van der Waals surface area contributed by atoms with Crippen molar-refractivity contribution in [1.82, 2.24) is 0 Å². The molecule has 0 bridgehead atoms. The summed E-state index contributed by atoms with van der Waals surface area (Å²) < 4.78 is 4.92. The minimum absolute atomic E-state index is 0.265. The van der Waals surface area contributed by atoms with Crippen LogP contribution in [-0.4, -0.2) is 51.6 Å². The van der Waals surface area contributed by atoms with Crippen molar-refractivity contribution in [3.8, 4) is 0 Å². The van der Waals surface area contributed by atoms with Crippen LogP contribution in [0.5, 0.6) is 0 Å². The zero-order valence-electron chi connectivity index (χ0n) is 7.50. The molecule has 5 nitrogen and oxygen atoms in total. The fourth-order valence-corrected chi connectivity index (χ4v) is 1.69. The van der Waals surface area contributed by atoms with Crippen LogP contribution in [-0.2, 0) is 4.74 Å². The van der Waals surface area contributed by atoms with Crippen LogP contribution >= 0.6 is 0 Å². The van der Waals surface area contributed by atoms with Crippen LogP contribution in [0.15, 0.2) is 0 Å². The van der Waals surface area contributed by atoms with E-state index in [4.69, 9.17) is 14.9 Å². The van der Waals surface area contributed by atoms with E-state index in [1.54, 1.807) is 0 Å². The molecular formula is C8H16O5. The molecule has 1 aliphatic rings. The molecule has 0 aromatic rings. The predicted octanol–water partition coefficient (Wildman–Crippen LogP) is -1.56. The van der Waals surface area contributed by atoms with Gasteiger partial charge in [0.2, 0.25) is 0 Å². The Balaban J connectivity index is 2.69. The monoisotopic (exact) mass is 192 g/mol. The summed E-state index contributed by atoms with van der Waals surface area (Å²) in [5.74, 6) is -0.330. The molecule has 0 amide bonds. The van der Waals surface area contributed by atoms with E-state index >= 15 is 0 Å². The summed E-state index contributed by atoms with van der Waals surface area (Å²) in [6, 6.07) is 0. The van der Waals surface area contributed by atoms with Crippen LogP contribution in [0.1, 0.15) is 13.3 Å². The minimum Gasteiger partial charge on any atom is -0.394 e. The van der Waals surface area contributed by atoms with Gasteiger partial charge in [-0.15, -0.1) is 0 Å². The summed E-state index contributed by atoms with van der Waals surface area (Å²) in [6.07, 6.45) is -3.75. The molecule has 1 heterocycles. The SMILES string of the molecule is CC[C@@H]1[C@@H](O)[C@H](O)C(O)O[C@@H]1CO. The first-order valence-corrected chi connectivity index (χ1v) is 4.42. The van der Waals surface area contributed by atoms with E-state index in [-0.39, 0.29) is 12.5 Å². The first-order chi connectivity index (χ1) is 6.11. The Kier molecular flexibility index (Phi) is 3.63. The summed E-state index contributed by atoms with van der Waals surface area (Å²) in [7, 11) is 0.